The molecule has 9 nitrogen and oxygen atoms in total. The highest BCUT2D eigenvalue weighted by molar-refractivity contribution is 9.10. The zero-order valence-electron chi connectivity index (χ0n) is 23.1. The third kappa shape index (κ3) is 7.54. The van der Waals surface area contributed by atoms with Crippen molar-refractivity contribution < 1.29 is 27.5 Å². The van der Waals surface area contributed by atoms with Gasteiger partial charge in [-0.1, -0.05) is 46.3 Å². The van der Waals surface area contributed by atoms with Crippen LogP contribution in [-0.4, -0.2) is 58.0 Å². The number of sulfonamides is 1. The molecule has 0 aromatic heterocycles. The molecule has 0 aliphatic carbocycles. The summed E-state index contributed by atoms with van der Waals surface area (Å²) in [5.41, 5.74) is 0.902. The number of carbonyl (C=O) groups is 2. The lowest BCUT2D eigenvalue weighted by Gasteiger charge is -2.32. The van der Waals surface area contributed by atoms with Crippen LogP contribution in [0.2, 0.25) is 0 Å². The Bertz CT molecular complexity index is 1420. The summed E-state index contributed by atoms with van der Waals surface area (Å²) in [5.74, 6) is -0.304. The first-order chi connectivity index (χ1) is 19.0. The molecular formula is C29H34BrN3O6S. The molecule has 1 N–H and O–H groups in total. The lowest BCUT2D eigenvalue weighted by molar-refractivity contribution is -0.139. The first kappa shape index (κ1) is 31.0. The number of hydrogen-bond donors (Lipinski definition) is 1. The fourth-order valence-corrected chi connectivity index (χ4v) is 5.70. The number of benzene rings is 3. The fraction of sp³-hybridized carbons (Fsp3) is 0.310. The highest BCUT2D eigenvalue weighted by Crippen LogP contribution is 2.36. The molecule has 3 rings (SSSR count). The van der Waals surface area contributed by atoms with Gasteiger partial charge in [0.25, 0.3) is 10.0 Å². The maximum Gasteiger partial charge on any atom is 0.264 e. The Morgan fingerprint density at radius 3 is 2.15 bits per heavy atom. The van der Waals surface area contributed by atoms with Gasteiger partial charge in [-0.3, -0.25) is 13.9 Å². The maximum atomic E-state index is 14.0. The molecule has 0 bridgehead atoms. The Balaban J connectivity index is 2.10. The minimum atomic E-state index is -4.24. The van der Waals surface area contributed by atoms with Crippen LogP contribution in [0.5, 0.6) is 11.5 Å². The van der Waals surface area contributed by atoms with Crippen molar-refractivity contribution in [3.63, 3.8) is 0 Å². The van der Waals surface area contributed by atoms with Crippen molar-refractivity contribution in [2.45, 2.75) is 44.3 Å². The van der Waals surface area contributed by atoms with Gasteiger partial charge in [0.2, 0.25) is 11.8 Å². The van der Waals surface area contributed by atoms with E-state index in [-0.39, 0.29) is 34.8 Å². The highest BCUT2D eigenvalue weighted by Gasteiger charge is 2.34. The molecule has 0 unspecified atom stereocenters. The van der Waals surface area contributed by atoms with Crippen LogP contribution in [0.1, 0.15) is 26.3 Å². The first-order valence-corrected chi connectivity index (χ1v) is 14.8. The molecule has 0 heterocycles. The Morgan fingerprint density at radius 1 is 0.925 bits per heavy atom. The summed E-state index contributed by atoms with van der Waals surface area (Å²) in [7, 11) is -1.36. The average Bonchev–Trinajstić information content (AvgIpc) is 2.94. The van der Waals surface area contributed by atoms with E-state index < -0.39 is 28.5 Å². The van der Waals surface area contributed by atoms with Crippen LogP contribution < -0.4 is 19.1 Å². The van der Waals surface area contributed by atoms with Gasteiger partial charge < -0.3 is 19.7 Å². The Morgan fingerprint density at radius 2 is 1.57 bits per heavy atom. The van der Waals surface area contributed by atoms with Gasteiger partial charge >= 0.3 is 0 Å². The Hall–Kier alpha value is -3.57. The van der Waals surface area contributed by atoms with Gasteiger partial charge in [-0.05, 0) is 62.7 Å². The summed E-state index contributed by atoms with van der Waals surface area (Å²) in [6.07, 6.45) is 0. The summed E-state index contributed by atoms with van der Waals surface area (Å²) < 4.78 is 40.6. The summed E-state index contributed by atoms with van der Waals surface area (Å²) >= 11 is 3.41. The number of rotatable bonds is 12. The van der Waals surface area contributed by atoms with Crippen molar-refractivity contribution in [3.8, 4) is 11.5 Å². The molecule has 0 radical (unpaired) electrons. The van der Waals surface area contributed by atoms with Crippen molar-refractivity contribution in [2.24, 2.45) is 0 Å². The van der Waals surface area contributed by atoms with Crippen molar-refractivity contribution in [3.05, 3.63) is 82.8 Å². The maximum absolute atomic E-state index is 14.0. The number of anilines is 1. The van der Waals surface area contributed by atoms with E-state index in [0.29, 0.717) is 5.75 Å². The molecular weight excluding hydrogens is 598 g/mol. The number of carbonyl (C=O) groups excluding carboxylic acids is 2. The van der Waals surface area contributed by atoms with E-state index in [1.807, 2.05) is 38.1 Å². The summed E-state index contributed by atoms with van der Waals surface area (Å²) in [6, 6.07) is 18.9. The SMILES string of the molecule is COc1ccc(OC)c(N(CC(=O)N(Cc2ccc(Br)cc2)[C@H](C)C(=O)NC(C)C)S(=O)(=O)c2ccccc2)c1. The van der Waals surface area contributed by atoms with Gasteiger partial charge in [0.15, 0.2) is 0 Å². The number of nitrogens with zero attached hydrogens (tertiary/aromatic N) is 2. The smallest absolute Gasteiger partial charge is 0.264 e. The number of ether oxygens (including phenoxy) is 2. The summed E-state index contributed by atoms with van der Waals surface area (Å²) in [5, 5.41) is 2.84. The molecule has 0 saturated heterocycles. The number of hydrogen-bond acceptors (Lipinski definition) is 6. The third-order valence-electron chi connectivity index (χ3n) is 6.13. The van der Waals surface area contributed by atoms with Crippen molar-refractivity contribution in [1.82, 2.24) is 10.2 Å². The number of halogens is 1. The van der Waals surface area contributed by atoms with E-state index in [4.69, 9.17) is 9.47 Å². The van der Waals surface area contributed by atoms with Crippen LogP contribution in [0.4, 0.5) is 5.69 Å². The second kappa shape index (κ2) is 13.7. The third-order valence-corrected chi connectivity index (χ3v) is 8.43. The molecule has 3 aromatic rings. The van der Waals surface area contributed by atoms with Crippen LogP contribution >= 0.6 is 15.9 Å². The molecule has 0 spiro atoms. The molecule has 0 aliphatic rings. The minimum Gasteiger partial charge on any atom is -0.497 e. The fourth-order valence-electron chi connectivity index (χ4n) is 4.00. The standard InChI is InChI=1S/C29H34BrN3O6S/c1-20(2)31-29(35)21(3)32(18-22-11-13-23(30)14-12-22)28(34)19-33(40(36,37)25-9-7-6-8-10-25)26-17-24(38-4)15-16-27(26)39-5/h6-17,20-21H,18-19H2,1-5H3,(H,31,35)/t21-/m1/s1. The molecule has 0 saturated carbocycles. The second-order valence-corrected chi connectivity index (χ2v) is 12.1. The summed E-state index contributed by atoms with van der Waals surface area (Å²) in [6.45, 7) is 4.78. The van der Waals surface area contributed by atoms with E-state index in [1.54, 1.807) is 37.3 Å². The van der Waals surface area contributed by atoms with E-state index in [9.17, 15) is 18.0 Å². The van der Waals surface area contributed by atoms with E-state index in [1.165, 1.54) is 37.3 Å². The molecule has 11 heteroatoms. The van der Waals surface area contributed by atoms with Gasteiger partial charge in [-0.15, -0.1) is 0 Å². The monoisotopic (exact) mass is 631 g/mol. The molecule has 1 atom stereocenters. The van der Waals surface area contributed by atoms with Gasteiger partial charge in [0.1, 0.15) is 24.1 Å². The Kier molecular flexibility index (Phi) is 10.6. The van der Waals surface area contributed by atoms with Crippen LogP contribution in [-0.2, 0) is 26.2 Å². The normalized spacial score (nSPS) is 12.0. The quantitative estimate of drug-likeness (QED) is 0.313. The molecule has 0 aliphatic heterocycles. The van der Waals surface area contributed by atoms with Gasteiger partial charge in [0.05, 0.1) is 24.8 Å². The summed E-state index contributed by atoms with van der Waals surface area (Å²) in [4.78, 5) is 28.4. The predicted molar refractivity (Wildman–Crippen MR) is 158 cm³/mol. The van der Waals surface area contributed by atoms with E-state index >= 15 is 0 Å². The molecule has 40 heavy (non-hydrogen) atoms. The lowest BCUT2D eigenvalue weighted by atomic mass is 10.1. The highest BCUT2D eigenvalue weighted by atomic mass is 79.9. The zero-order chi connectivity index (χ0) is 29.4. The molecule has 3 aromatic carbocycles. The van der Waals surface area contributed by atoms with Crippen LogP contribution in [0.25, 0.3) is 0 Å². The topological polar surface area (TPSA) is 105 Å². The first-order valence-electron chi connectivity index (χ1n) is 12.6. The van der Waals surface area contributed by atoms with Gasteiger partial charge in [-0.25, -0.2) is 8.42 Å². The zero-order valence-corrected chi connectivity index (χ0v) is 25.5. The number of methoxy groups -OCH3 is 2. The molecule has 214 valence electrons. The van der Waals surface area contributed by atoms with E-state index in [2.05, 4.69) is 21.2 Å². The number of amides is 2. The number of nitrogens with one attached hydrogen (secondary N) is 1. The Labute approximate surface area is 244 Å². The van der Waals surface area contributed by atoms with Crippen molar-refractivity contribution >= 4 is 43.5 Å². The van der Waals surface area contributed by atoms with E-state index in [0.717, 1.165) is 14.3 Å². The predicted octanol–water partition coefficient (Wildman–Crippen LogP) is 4.60. The molecule has 0 fully saturated rings. The lowest BCUT2D eigenvalue weighted by Crippen LogP contribution is -2.52. The minimum absolute atomic E-state index is 0.00210. The van der Waals surface area contributed by atoms with Crippen molar-refractivity contribution in [1.29, 1.82) is 0 Å². The van der Waals surface area contributed by atoms with Gasteiger partial charge in [-0.2, -0.15) is 0 Å². The molecule has 2 amide bonds. The van der Waals surface area contributed by atoms with Crippen molar-refractivity contribution in [2.75, 3.05) is 25.1 Å². The van der Waals surface area contributed by atoms with Crippen LogP contribution in [0.15, 0.2) is 82.2 Å². The van der Waals surface area contributed by atoms with Crippen LogP contribution in [0.3, 0.4) is 0 Å². The second-order valence-electron chi connectivity index (χ2n) is 9.35. The largest absolute Gasteiger partial charge is 0.497 e. The average molecular weight is 633 g/mol. The van der Waals surface area contributed by atoms with Crippen LogP contribution in [0, 0.1) is 0 Å². The van der Waals surface area contributed by atoms with Gasteiger partial charge in [0, 0.05) is 23.1 Å².